The molecule has 0 aromatic rings. The van der Waals surface area contributed by atoms with Crippen molar-refractivity contribution in [2.45, 2.75) is 38.5 Å². The highest BCUT2D eigenvalue weighted by atomic mass is 35.5. The third kappa shape index (κ3) is 6.64. The van der Waals surface area contributed by atoms with Gasteiger partial charge in [-0.05, 0) is 25.7 Å². The van der Waals surface area contributed by atoms with E-state index in [4.69, 9.17) is 16.7 Å². The first kappa shape index (κ1) is 12.5. The first-order valence-corrected chi connectivity index (χ1v) is 4.88. The van der Waals surface area contributed by atoms with E-state index in [1.165, 1.54) is 0 Å². The van der Waals surface area contributed by atoms with Gasteiger partial charge in [-0.3, -0.25) is 4.79 Å². The zero-order valence-corrected chi connectivity index (χ0v) is 8.97. The molecule has 0 aromatic carbocycles. The third-order valence-electron chi connectivity index (χ3n) is 1.97. The van der Waals surface area contributed by atoms with E-state index in [0.717, 1.165) is 18.4 Å². The van der Waals surface area contributed by atoms with Crippen LogP contribution in [0.1, 0.15) is 33.1 Å². The van der Waals surface area contributed by atoms with Crippen molar-refractivity contribution < 1.29 is 9.90 Å². The Labute approximate surface area is 84.6 Å². The minimum absolute atomic E-state index is 0.0174. The van der Waals surface area contributed by atoms with Crippen molar-refractivity contribution in [3.05, 3.63) is 12.2 Å². The summed E-state index contributed by atoms with van der Waals surface area (Å²) >= 11 is 5.95. The van der Waals surface area contributed by atoms with Gasteiger partial charge in [-0.15, -0.1) is 11.6 Å². The molecule has 0 aromatic heterocycles. The van der Waals surface area contributed by atoms with Gasteiger partial charge in [0.25, 0.3) is 0 Å². The monoisotopic (exact) mass is 204 g/mol. The Morgan fingerprint density at radius 1 is 1.54 bits per heavy atom. The molecule has 0 radical (unpaired) electrons. The molecule has 0 aliphatic carbocycles. The van der Waals surface area contributed by atoms with Crippen LogP contribution in [0.4, 0.5) is 0 Å². The summed E-state index contributed by atoms with van der Waals surface area (Å²) in [5.41, 5.74) is 0.948. The van der Waals surface area contributed by atoms with Crippen LogP contribution in [-0.4, -0.2) is 16.5 Å². The van der Waals surface area contributed by atoms with Crippen molar-refractivity contribution in [2.24, 2.45) is 5.92 Å². The fourth-order valence-corrected chi connectivity index (χ4v) is 1.20. The molecule has 2 atom stereocenters. The zero-order valence-electron chi connectivity index (χ0n) is 8.22. The van der Waals surface area contributed by atoms with Gasteiger partial charge >= 0.3 is 5.97 Å². The van der Waals surface area contributed by atoms with Crippen LogP contribution in [0.5, 0.6) is 0 Å². The Balaban J connectivity index is 3.63. The van der Waals surface area contributed by atoms with Crippen LogP contribution in [0.15, 0.2) is 12.2 Å². The molecule has 76 valence electrons. The van der Waals surface area contributed by atoms with E-state index in [1.807, 2.05) is 13.8 Å². The predicted octanol–water partition coefficient (Wildman–Crippen LogP) is 3.06. The second-order valence-corrected chi connectivity index (χ2v) is 4.12. The van der Waals surface area contributed by atoms with Crippen molar-refractivity contribution >= 4 is 17.6 Å². The minimum Gasteiger partial charge on any atom is -0.481 e. The molecule has 0 spiro atoms. The molecule has 0 heterocycles. The summed E-state index contributed by atoms with van der Waals surface area (Å²) in [5, 5.41) is 8.49. The van der Waals surface area contributed by atoms with Crippen molar-refractivity contribution in [3.63, 3.8) is 0 Å². The maximum Gasteiger partial charge on any atom is 0.303 e. The average molecular weight is 205 g/mol. The fraction of sp³-hybridized carbons (Fsp3) is 0.700. The second kappa shape index (κ2) is 6.03. The number of alkyl halides is 1. The number of hydrogen-bond acceptors (Lipinski definition) is 1. The first-order chi connectivity index (χ1) is 5.93. The number of carboxylic acids is 1. The highest BCUT2D eigenvalue weighted by Crippen LogP contribution is 2.18. The molecule has 0 aliphatic rings. The van der Waals surface area contributed by atoms with Gasteiger partial charge in [0.05, 0.1) is 5.38 Å². The van der Waals surface area contributed by atoms with Gasteiger partial charge in [0.15, 0.2) is 0 Å². The molecular weight excluding hydrogens is 188 g/mol. The summed E-state index contributed by atoms with van der Waals surface area (Å²) < 4.78 is 0. The second-order valence-electron chi connectivity index (χ2n) is 3.59. The van der Waals surface area contributed by atoms with E-state index in [9.17, 15) is 4.79 Å². The molecule has 1 N–H and O–H groups in total. The Hall–Kier alpha value is -0.500. The minimum atomic E-state index is -0.742. The lowest BCUT2D eigenvalue weighted by molar-refractivity contribution is -0.138. The molecule has 2 nitrogen and oxygen atoms in total. The summed E-state index contributed by atoms with van der Waals surface area (Å²) in [5.74, 6) is -0.549. The molecule has 0 saturated heterocycles. The molecule has 3 heteroatoms. The lowest BCUT2D eigenvalue weighted by atomic mass is 9.99. The Kier molecular flexibility index (Phi) is 5.80. The van der Waals surface area contributed by atoms with Crippen molar-refractivity contribution in [1.29, 1.82) is 0 Å². The molecule has 2 unspecified atom stereocenters. The van der Waals surface area contributed by atoms with Crippen LogP contribution < -0.4 is 0 Å². The number of hydrogen-bond donors (Lipinski definition) is 1. The van der Waals surface area contributed by atoms with E-state index in [0.29, 0.717) is 0 Å². The Morgan fingerprint density at radius 2 is 2.08 bits per heavy atom. The topological polar surface area (TPSA) is 37.3 Å². The lowest BCUT2D eigenvalue weighted by Gasteiger charge is -2.12. The van der Waals surface area contributed by atoms with Gasteiger partial charge in [0, 0.05) is 6.42 Å². The molecule has 0 amide bonds. The largest absolute Gasteiger partial charge is 0.481 e. The smallest absolute Gasteiger partial charge is 0.303 e. The number of halogens is 1. The number of aliphatic carboxylic acids is 1. The summed E-state index contributed by atoms with van der Waals surface area (Å²) in [6, 6.07) is 0. The molecular formula is C10H17ClO2. The van der Waals surface area contributed by atoms with Gasteiger partial charge in [-0.1, -0.05) is 19.1 Å². The van der Waals surface area contributed by atoms with Crippen molar-refractivity contribution in [2.75, 3.05) is 0 Å². The molecule has 0 fully saturated rings. The summed E-state index contributed by atoms with van der Waals surface area (Å²) in [4.78, 5) is 10.3. The van der Waals surface area contributed by atoms with Crippen LogP contribution in [0.3, 0.4) is 0 Å². The highest BCUT2D eigenvalue weighted by Gasteiger charge is 2.11. The SMILES string of the molecule is C=C(C)C(Cl)CCC(C)CC(=O)O. The van der Waals surface area contributed by atoms with Gasteiger partial charge in [0.1, 0.15) is 0 Å². The molecule has 13 heavy (non-hydrogen) atoms. The molecule has 0 saturated carbocycles. The van der Waals surface area contributed by atoms with Crippen molar-refractivity contribution in [1.82, 2.24) is 0 Å². The standard InChI is InChI=1S/C10H17ClO2/c1-7(2)9(11)5-4-8(3)6-10(12)13/h8-9H,1,4-6H2,2-3H3,(H,12,13). The van der Waals surface area contributed by atoms with E-state index >= 15 is 0 Å². The first-order valence-electron chi connectivity index (χ1n) is 4.44. The maximum absolute atomic E-state index is 10.3. The quantitative estimate of drug-likeness (QED) is 0.534. The Morgan fingerprint density at radius 3 is 2.46 bits per heavy atom. The fourth-order valence-electron chi connectivity index (χ4n) is 1.08. The van der Waals surface area contributed by atoms with E-state index in [-0.39, 0.29) is 17.7 Å². The summed E-state index contributed by atoms with van der Waals surface area (Å²) in [6.45, 7) is 7.56. The van der Waals surface area contributed by atoms with Gasteiger partial charge in [-0.2, -0.15) is 0 Å². The van der Waals surface area contributed by atoms with Crippen molar-refractivity contribution in [3.8, 4) is 0 Å². The Bertz CT molecular complexity index is 189. The molecule has 0 bridgehead atoms. The third-order valence-corrected chi connectivity index (χ3v) is 2.56. The number of carboxylic acid groups (broad SMARTS) is 1. The summed E-state index contributed by atoms with van der Waals surface area (Å²) in [7, 11) is 0. The maximum atomic E-state index is 10.3. The normalized spacial score (nSPS) is 15.0. The molecule has 0 aliphatic heterocycles. The summed E-state index contributed by atoms with van der Waals surface area (Å²) in [6.07, 6.45) is 1.87. The zero-order chi connectivity index (χ0) is 10.4. The van der Waals surface area contributed by atoms with Gasteiger partial charge in [0.2, 0.25) is 0 Å². The average Bonchev–Trinajstić information content (AvgIpc) is 1.98. The van der Waals surface area contributed by atoms with Gasteiger partial charge < -0.3 is 5.11 Å². The lowest BCUT2D eigenvalue weighted by Crippen LogP contribution is -2.07. The number of carbonyl (C=O) groups is 1. The number of allylic oxidation sites excluding steroid dienone is 1. The van der Waals surface area contributed by atoms with E-state index in [2.05, 4.69) is 6.58 Å². The highest BCUT2D eigenvalue weighted by molar-refractivity contribution is 6.22. The van der Waals surface area contributed by atoms with Crippen LogP contribution in [0, 0.1) is 5.92 Å². The molecule has 0 rings (SSSR count). The predicted molar refractivity (Wildman–Crippen MR) is 55.1 cm³/mol. The van der Waals surface area contributed by atoms with E-state index in [1.54, 1.807) is 0 Å². The number of rotatable bonds is 6. The van der Waals surface area contributed by atoms with Gasteiger partial charge in [-0.25, -0.2) is 0 Å². The van der Waals surface area contributed by atoms with Crippen LogP contribution >= 0.6 is 11.6 Å². The van der Waals surface area contributed by atoms with Crippen LogP contribution in [0.2, 0.25) is 0 Å². The van der Waals surface area contributed by atoms with Crippen LogP contribution in [-0.2, 0) is 4.79 Å². The van der Waals surface area contributed by atoms with Crippen LogP contribution in [0.25, 0.3) is 0 Å². The van der Waals surface area contributed by atoms with E-state index < -0.39 is 5.97 Å².